The van der Waals surface area contributed by atoms with Crippen molar-refractivity contribution in [3.63, 3.8) is 0 Å². The molecule has 0 aromatic carbocycles. The van der Waals surface area contributed by atoms with Crippen molar-refractivity contribution in [3.8, 4) is 0 Å². The van der Waals surface area contributed by atoms with Crippen LogP contribution in [0.3, 0.4) is 0 Å². The molecule has 1 aliphatic rings. The molecule has 1 fully saturated rings. The second kappa shape index (κ2) is 6.29. The Labute approximate surface area is 115 Å². The zero-order chi connectivity index (χ0) is 13.8. The molecular weight excluding hydrogens is 274 g/mol. The fraction of sp³-hybridized carbons (Fsp3) is 0.700. The summed E-state index contributed by atoms with van der Waals surface area (Å²) in [6.45, 7) is 4.30. The van der Waals surface area contributed by atoms with Gasteiger partial charge in [-0.25, -0.2) is 0 Å². The third kappa shape index (κ3) is 3.87. The number of piperazine rings is 1. The van der Waals surface area contributed by atoms with E-state index in [1.165, 1.54) is 10.9 Å². The third-order valence-corrected chi connectivity index (χ3v) is 3.22. The van der Waals surface area contributed by atoms with Gasteiger partial charge in [0.15, 0.2) is 5.02 Å². The molecule has 1 aromatic rings. The van der Waals surface area contributed by atoms with Crippen LogP contribution in [0.15, 0.2) is 6.20 Å². The Bertz CT molecular complexity index is 446. The fourth-order valence-corrected chi connectivity index (χ4v) is 2.29. The van der Waals surface area contributed by atoms with E-state index < -0.39 is 11.0 Å². The summed E-state index contributed by atoms with van der Waals surface area (Å²) in [6, 6.07) is 0. The maximum Gasteiger partial charge on any atom is 0.408 e. The number of hydrogen-bond donors (Lipinski definition) is 2. The minimum absolute atomic E-state index is 0.0145. The molecule has 2 N–H and O–H groups in total. The Kier molecular flexibility index (Phi) is 4.70. The summed E-state index contributed by atoms with van der Waals surface area (Å²) < 4.78 is 1.31. The Hall–Kier alpha value is -1.22. The van der Waals surface area contributed by atoms with E-state index in [1.807, 2.05) is 0 Å². The number of rotatable bonds is 5. The van der Waals surface area contributed by atoms with E-state index in [0.29, 0.717) is 6.54 Å². The Balaban J connectivity index is 1.89. The Morgan fingerprint density at radius 2 is 2.21 bits per heavy atom. The molecule has 2 rings (SSSR count). The summed E-state index contributed by atoms with van der Waals surface area (Å²) in [5.74, 6) is -0.379. The number of aliphatic hydroxyl groups is 1. The molecule has 0 spiro atoms. The maximum atomic E-state index is 10.6. The van der Waals surface area contributed by atoms with E-state index in [0.717, 1.165) is 26.2 Å². The van der Waals surface area contributed by atoms with Gasteiger partial charge in [-0.05, 0) is 4.92 Å². The molecule has 8 nitrogen and oxygen atoms in total. The summed E-state index contributed by atoms with van der Waals surface area (Å²) in [6.07, 6.45) is 0.731. The molecule has 0 radical (unpaired) electrons. The van der Waals surface area contributed by atoms with Gasteiger partial charge in [0.2, 0.25) is 0 Å². The number of nitrogens with zero attached hydrogens (tertiary/aromatic N) is 4. The van der Waals surface area contributed by atoms with E-state index in [2.05, 4.69) is 15.3 Å². The van der Waals surface area contributed by atoms with Gasteiger partial charge < -0.3 is 20.5 Å². The molecule has 0 aliphatic carbocycles. The molecular formula is C10H16ClN5O3. The van der Waals surface area contributed by atoms with Crippen LogP contribution in [0.4, 0.5) is 5.82 Å². The van der Waals surface area contributed by atoms with E-state index >= 15 is 0 Å². The van der Waals surface area contributed by atoms with Crippen molar-refractivity contribution in [1.82, 2.24) is 20.0 Å². The van der Waals surface area contributed by atoms with Gasteiger partial charge >= 0.3 is 5.82 Å². The lowest BCUT2D eigenvalue weighted by molar-refractivity contribution is -0.389. The van der Waals surface area contributed by atoms with Crippen molar-refractivity contribution in [3.05, 3.63) is 21.3 Å². The zero-order valence-electron chi connectivity index (χ0n) is 10.3. The number of β-amino-alcohol motifs (C(OH)–C–C–N with tert-alkyl or cyclic N) is 1. The normalized spacial score (nSPS) is 18.4. The van der Waals surface area contributed by atoms with E-state index in [-0.39, 0.29) is 17.4 Å². The van der Waals surface area contributed by atoms with Crippen molar-refractivity contribution in [2.75, 3.05) is 32.7 Å². The van der Waals surface area contributed by atoms with Gasteiger partial charge in [-0.15, -0.1) is 0 Å². The van der Waals surface area contributed by atoms with Crippen LogP contribution in [0.25, 0.3) is 0 Å². The standard InChI is InChI=1S/C10H16ClN5O3/c11-9-7-15(13-10(9)16(18)19)6-8(17)5-14-3-1-12-2-4-14/h7-8,12,17H,1-6H2. The van der Waals surface area contributed by atoms with E-state index in [9.17, 15) is 15.2 Å². The number of hydrogen-bond acceptors (Lipinski definition) is 6. The highest BCUT2D eigenvalue weighted by Gasteiger charge is 2.21. The molecule has 1 atom stereocenters. The molecule has 1 unspecified atom stereocenters. The third-order valence-electron chi connectivity index (χ3n) is 2.95. The lowest BCUT2D eigenvalue weighted by Gasteiger charge is -2.28. The Morgan fingerprint density at radius 1 is 1.53 bits per heavy atom. The molecule has 2 heterocycles. The lowest BCUT2D eigenvalue weighted by Crippen LogP contribution is -2.46. The SMILES string of the molecule is O=[N+]([O-])c1nn(CC(O)CN2CCNCC2)cc1Cl. The van der Waals surface area contributed by atoms with Crippen LogP contribution in [0.2, 0.25) is 5.02 Å². The monoisotopic (exact) mass is 289 g/mol. The maximum absolute atomic E-state index is 10.6. The van der Waals surface area contributed by atoms with Crippen LogP contribution in [-0.2, 0) is 6.54 Å². The first kappa shape index (κ1) is 14.2. The largest absolute Gasteiger partial charge is 0.408 e. The quantitative estimate of drug-likeness (QED) is 0.571. The van der Waals surface area contributed by atoms with Crippen LogP contribution in [0.1, 0.15) is 0 Å². The number of nitro groups is 1. The highest BCUT2D eigenvalue weighted by atomic mass is 35.5. The predicted octanol–water partition coefficient (Wildman–Crippen LogP) is -0.289. The lowest BCUT2D eigenvalue weighted by atomic mass is 10.3. The first-order valence-corrected chi connectivity index (χ1v) is 6.42. The number of nitrogens with one attached hydrogen (secondary N) is 1. The van der Waals surface area contributed by atoms with Gasteiger partial charge in [-0.2, -0.15) is 4.68 Å². The molecule has 0 amide bonds. The van der Waals surface area contributed by atoms with Crippen LogP contribution in [0.5, 0.6) is 0 Å². The number of aromatic nitrogens is 2. The summed E-state index contributed by atoms with van der Waals surface area (Å²) in [5, 5.41) is 27.5. The average molecular weight is 290 g/mol. The van der Waals surface area contributed by atoms with E-state index in [4.69, 9.17) is 11.6 Å². The van der Waals surface area contributed by atoms with Crippen LogP contribution >= 0.6 is 11.6 Å². The fourth-order valence-electron chi connectivity index (χ4n) is 2.07. The zero-order valence-corrected chi connectivity index (χ0v) is 11.1. The smallest absolute Gasteiger partial charge is 0.390 e. The predicted molar refractivity (Wildman–Crippen MR) is 69.2 cm³/mol. The van der Waals surface area contributed by atoms with Crippen molar-refractivity contribution >= 4 is 17.4 Å². The van der Waals surface area contributed by atoms with Crippen molar-refractivity contribution < 1.29 is 10.0 Å². The molecule has 9 heteroatoms. The second-order valence-corrected chi connectivity index (χ2v) is 4.89. The summed E-state index contributed by atoms with van der Waals surface area (Å²) in [7, 11) is 0. The summed E-state index contributed by atoms with van der Waals surface area (Å²) in [5.41, 5.74) is 0. The number of aliphatic hydroxyl groups excluding tert-OH is 1. The van der Waals surface area contributed by atoms with Gasteiger partial charge in [0.1, 0.15) is 0 Å². The molecule has 1 aliphatic heterocycles. The van der Waals surface area contributed by atoms with Crippen LogP contribution in [-0.4, -0.2) is 63.5 Å². The van der Waals surface area contributed by atoms with Crippen LogP contribution in [0, 0.1) is 10.1 Å². The summed E-state index contributed by atoms with van der Waals surface area (Å²) >= 11 is 5.69. The minimum atomic E-state index is -0.637. The van der Waals surface area contributed by atoms with Crippen molar-refractivity contribution in [2.45, 2.75) is 12.6 Å². The van der Waals surface area contributed by atoms with Gasteiger partial charge in [0.25, 0.3) is 0 Å². The molecule has 0 saturated carbocycles. The first-order chi connectivity index (χ1) is 9.06. The van der Waals surface area contributed by atoms with Gasteiger partial charge in [-0.3, -0.25) is 4.90 Å². The summed E-state index contributed by atoms with van der Waals surface area (Å²) in [4.78, 5) is 12.1. The topological polar surface area (TPSA) is 96.5 Å². The molecule has 19 heavy (non-hydrogen) atoms. The van der Waals surface area contributed by atoms with Crippen molar-refractivity contribution in [1.29, 1.82) is 0 Å². The molecule has 0 bridgehead atoms. The second-order valence-electron chi connectivity index (χ2n) is 4.48. The van der Waals surface area contributed by atoms with Crippen molar-refractivity contribution in [2.24, 2.45) is 0 Å². The van der Waals surface area contributed by atoms with Gasteiger partial charge in [0.05, 0.1) is 23.9 Å². The van der Waals surface area contributed by atoms with E-state index in [1.54, 1.807) is 0 Å². The molecule has 1 saturated heterocycles. The Morgan fingerprint density at radius 3 is 2.79 bits per heavy atom. The average Bonchev–Trinajstić information content (AvgIpc) is 2.71. The highest BCUT2D eigenvalue weighted by molar-refractivity contribution is 6.32. The molecule has 1 aromatic heterocycles. The number of halogens is 1. The molecule has 106 valence electrons. The highest BCUT2D eigenvalue weighted by Crippen LogP contribution is 2.21. The van der Waals surface area contributed by atoms with Crippen LogP contribution < -0.4 is 5.32 Å². The van der Waals surface area contributed by atoms with Gasteiger partial charge in [0, 0.05) is 32.7 Å². The van der Waals surface area contributed by atoms with Gasteiger partial charge in [-0.1, -0.05) is 11.6 Å². The first-order valence-electron chi connectivity index (χ1n) is 6.04. The minimum Gasteiger partial charge on any atom is -0.390 e.